The Bertz CT molecular complexity index is 1160. The van der Waals surface area contributed by atoms with Gasteiger partial charge in [0.25, 0.3) is 11.5 Å². The number of benzene rings is 2. The minimum absolute atomic E-state index is 0.164. The Morgan fingerprint density at radius 1 is 1.27 bits per heavy atom. The average molecular weight is 347 g/mol. The fourth-order valence-electron chi connectivity index (χ4n) is 2.95. The van der Waals surface area contributed by atoms with E-state index in [0.717, 1.165) is 16.4 Å². The molecule has 7 heteroatoms. The lowest BCUT2D eigenvalue weighted by atomic mass is 10.1. The Hall–Kier alpha value is -3.48. The number of hydrogen-bond donors (Lipinski definition) is 2. The SMILES string of the molecule is C[C@@H](Cn1ncc2ccccc2c1=O)NC(=O)c1ccc2nc[nH]c2c1. The van der Waals surface area contributed by atoms with Crippen LogP contribution >= 0.6 is 0 Å². The van der Waals surface area contributed by atoms with Gasteiger partial charge < -0.3 is 10.3 Å². The second-order valence-corrected chi connectivity index (χ2v) is 6.23. The van der Waals surface area contributed by atoms with E-state index in [0.29, 0.717) is 17.5 Å². The van der Waals surface area contributed by atoms with Gasteiger partial charge in [0.2, 0.25) is 0 Å². The highest BCUT2D eigenvalue weighted by Crippen LogP contribution is 2.12. The molecule has 2 aromatic carbocycles. The summed E-state index contributed by atoms with van der Waals surface area (Å²) in [6, 6.07) is 12.3. The third kappa shape index (κ3) is 2.95. The highest BCUT2D eigenvalue weighted by Gasteiger charge is 2.13. The molecule has 2 heterocycles. The molecule has 0 aliphatic carbocycles. The van der Waals surface area contributed by atoms with Gasteiger partial charge in [-0.2, -0.15) is 5.10 Å². The number of hydrogen-bond acceptors (Lipinski definition) is 4. The Labute approximate surface area is 148 Å². The van der Waals surface area contributed by atoms with Gasteiger partial charge in [0.05, 0.1) is 35.5 Å². The molecule has 1 amide bonds. The molecular formula is C19H17N5O2. The van der Waals surface area contributed by atoms with Crippen molar-refractivity contribution in [2.75, 3.05) is 0 Å². The number of carbonyl (C=O) groups is 1. The lowest BCUT2D eigenvalue weighted by Gasteiger charge is -2.15. The summed E-state index contributed by atoms with van der Waals surface area (Å²) in [4.78, 5) is 32.1. The fraction of sp³-hybridized carbons (Fsp3) is 0.158. The Balaban J connectivity index is 1.51. The number of fused-ring (bicyclic) bond motifs is 2. The number of rotatable bonds is 4. The Morgan fingerprint density at radius 3 is 3.00 bits per heavy atom. The van der Waals surface area contributed by atoms with Crippen molar-refractivity contribution in [3.8, 4) is 0 Å². The summed E-state index contributed by atoms with van der Waals surface area (Å²) >= 11 is 0. The van der Waals surface area contributed by atoms with Crippen molar-refractivity contribution in [2.45, 2.75) is 19.5 Å². The molecule has 7 nitrogen and oxygen atoms in total. The molecule has 0 saturated heterocycles. The lowest BCUT2D eigenvalue weighted by molar-refractivity contribution is 0.0936. The second kappa shape index (κ2) is 6.44. The molecule has 130 valence electrons. The van der Waals surface area contributed by atoms with Gasteiger partial charge in [-0.25, -0.2) is 9.67 Å². The maximum absolute atomic E-state index is 12.5. The van der Waals surface area contributed by atoms with Gasteiger partial charge >= 0.3 is 0 Å². The average Bonchev–Trinajstić information content (AvgIpc) is 3.12. The van der Waals surface area contributed by atoms with E-state index < -0.39 is 0 Å². The predicted molar refractivity (Wildman–Crippen MR) is 99.0 cm³/mol. The molecule has 26 heavy (non-hydrogen) atoms. The zero-order chi connectivity index (χ0) is 18.1. The van der Waals surface area contributed by atoms with Crippen LogP contribution in [0.1, 0.15) is 17.3 Å². The minimum atomic E-state index is -0.258. The summed E-state index contributed by atoms with van der Waals surface area (Å²) < 4.78 is 1.38. The van der Waals surface area contributed by atoms with Crippen LogP contribution in [-0.2, 0) is 6.54 Å². The maximum atomic E-state index is 12.5. The first kappa shape index (κ1) is 16.0. The quantitative estimate of drug-likeness (QED) is 0.591. The van der Waals surface area contributed by atoms with Crippen molar-refractivity contribution in [3.05, 3.63) is 70.9 Å². The van der Waals surface area contributed by atoms with Crippen molar-refractivity contribution in [1.82, 2.24) is 25.1 Å². The molecule has 0 aliphatic rings. The first-order valence-electron chi connectivity index (χ1n) is 8.31. The zero-order valence-corrected chi connectivity index (χ0v) is 14.1. The Morgan fingerprint density at radius 2 is 2.12 bits per heavy atom. The van der Waals surface area contributed by atoms with E-state index in [4.69, 9.17) is 0 Å². The monoisotopic (exact) mass is 347 g/mol. The summed E-state index contributed by atoms with van der Waals surface area (Å²) in [6.45, 7) is 2.14. The maximum Gasteiger partial charge on any atom is 0.274 e. The van der Waals surface area contributed by atoms with Crippen LogP contribution in [0.25, 0.3) is 21.8 Å². The zero-order valence-electron chi connectivity index (χ0n) is 14.1. The van der Waals surface area contributed by atoms with E-state index in [1.807, 2.05) is 25.1 Å². The molecular weight excluding hydrogens is 330 g/mol. The highest BCUT2D eigenvalue weighted by molar-refractivity contribution is 5.97. The number of H-pyrrole nitrogens is 1. The molecule has 0 saturated carbocycles. The van der Waals surface area contributed by atoms with Gasteiger partial charge in [-0.05, 0) is 31.2 Å². The standard InChI is InChI=1S/C19H17N5O2/c1-12(10-24-19(26)15-5-3-2-4-14(15)9-22-24)23-18(25)13-6-7-16-17(8-13)21-11-20-16/h2-9,11-12H,10H2,1H3,(H,20,21)(H,23,25)/t12-/m0/s1. The number of nitrogens with zero attached hydrogens (tertiary/aromatic N) is 3. The van der Waals surface area contributed by atoms with Crippen LogP contribution in [-0.4, -0.2) is 31.7 Å². The van der Waals surface area contributed by atoms with Crippen molar-refractivity contribution >= 4 is 27.7 Å². The van der Waals surface area contributed by atoms with Crippen LogP contribution in [0.5, 0.6) is 0 Å². The lowest BCUT2D eigenvalue weighted by Crippen LogP contribution is -2.39. The minimum Gasteiger partial charge on any atom is -0.348 e. The Kier molecular flexibility index (Phi) is 3.96. The highest BCUT2D eigenvalue weighted by atomic mass is 16.2. The predicted octanol–water partition coefficient (Wildman–Crippen LogP) is 2.09. The third-order valence-electron chi connectivity index (χ3n) is 4.27. The van der Waals surface area contributed by atoms with Crippen molar-refractivity contribution < 1.29 is 4.79 Å². The van der Waals surface area contributed by atoms with Crippen LogP contribution < -0.4 is 10.9 Å². The van der Waals surface area contributed by atoms with Crippen LogP contribution in [0.4, 0.5) is 0 Å². The van der Waals surface area contributed by atoms with E-state index in [1.54, 1.807) is 36.8 Å². The van der Waals surface area contributed by atoms with E-state index >= 15 is 0 Å². The summed E-state index contributed by atoms with van der Waals surface area (Å²) in [7, 11) is 0. The molecule has 0 aliphatic heterocycles. The molecule has 4 aromatic rings. The largest absolute Gasteiger partial charge is 0.348 e. The number of carbonyl (C=O) groups excluding carboxylic acids is 1. The molecule has 2 N–H and O–H groups in total. The molecule has 1 atom stereocenters. The smallest absolute Gasteiger partial charge is 0.274 e. The van der Waals surface area contributed by atoms with E-state index in [-0.39, 0.29) is 17.5 Å². The first-order valence-corrected chi connectivity index (χ1v) is 8.31. The first-order chi connectivity index (χ1) is 12.6. The molecule has 0 bridgehead atoms. The van der Waals surface area contributed by atoms with E-state index in [9.17, 15) is 9.59 Å². The van der Waals surface area contributed by atoms with Crippen LogP contribution in [0, 0.1) is 0 Å². The second-order valence-electron chi connectivity index (χ2n) is 6.23. The molecule has 0 radical (unpaired) electrons. The van der Waals surface area contributed by atoms with Crippen LogP contribution in [0.3, 0.4) is 0 Å². The van der Waals surface area contributed by atoms with E-state index in [2.05, 4.69) is 20.4 Å². The number of amides is 1. The molecule has 2 aromatic heterocycles. The molecule has 0 unspecified atom stereocenters. The van der Waals surface area contributed by atoms with Gasteiger partial charge in [-0.3, -0.25) is 9.59 Å². The van der Waals surface area contributed by atoms with Gasteiger partial charge in [-0.1, -0.05) is 18.2 Å². The van der Waals surface area contributed by atoms with Gasteiger partial charge in [0, 0.05) is 17.0 Å². The van der Waals surface area contributed by atoms with E-state index in [1.165, 1.54) is 4.68 Å². The summed E-state index contributed by atoms with van der Waals surface area (Å²) in [5.74, 6) is -0.206. The van der Waals surface area contributed by atoms with Gasteiger partial charge in [0.15, 0.2) is 0 Å². The topological polar surface area (TPSA) is 92.7 Å². The third-order valence-corrected chi connectivity index (χ3v) is 4.27. The number of imidazole rings is 1. The number of aromatic nitrogens is 4. The van der Waals surface area contributed by atoms with Gasteiger partial charge in [-0.15, -0.1) is 0 Å². The number of nitrogens with one attached hydrogen (secondary N) is 2. The molecule has 4 rings (SSSR count). The summed E-state index contributed by atoms with van der Waals surface area (Å²) in [6.07, 6.45) is 3.25. The normalized spacial score (nSPS) is 12.3. The molecule has 0 fully saturated rings. The van der Waals surface area contributed by atoms with Gasteiger partial charge in [0.1, 0.15) is 0 Å². The van der Waals surface area contributed by atoms with Crippen molar-refractivity contribution in [1.29, 1.82) is 0 Å². The summed E-state index contributed by atoms with van der Waals surface area (Å²) in [5, 5.41) is 8.52. The summed E-state index contributed by atoms with van der Waals surface area (Å²) in [5.41, 5.74) is 1.98. The van der Waals surface area contributed by atoms with Crippen molar-refractivity contribution in [3.63, 3.8) is 0 Å². The fourth-order valence-corrected chi connectivity index (χ4v) is 2.95. The van der Waals surface area contributed by atoms with Crippen LogP contribution in [0.15, 0.2) is 59.8 Å². The molecule has 0 spiro atoms. The number of aromatic amines is 1. The van der Waals surface area contributed by atoms with Crippen molar-refractivity contribution in [2.24, 2.45) is 0 Å². The van der Waals surface area contributed by atoms with Crippen LogP contribution in [0.2, 0.25) is 0 Å².